The summed E-state index contributed by atoms with van der Waals surface area (Å²) in [4.78, 5) is 13.8. The Labute approximate surface area is 98.3 Å². The molecule has 1 saturated heterocycles. The van der Waals surface area contributed by atoms with Gasteiger partial charge in [0.2, 0.25) is 0 Å². The fourth-order valence-electron chi connectivity index (χ4n) is 1.94. The molecule has 0 atom stereocenters. The van der Waals surface area contributed by atoms with E-state index in [4.69, 9.17) is 4.74 Å². The summed E-state index contributed by atoms with van der Waals surface area (Å²) >= 11 is 0. The van der Waals surface area contributed by atoms with Crippen LogP contribution in [0.25, 0.3) is 0 Å². The van der Waals surface area contributed by atoms with Crippen molar-refractivity contribution in [2.45, 2.75) is 39.2 Å². The molecule has 1 fully saturated rings. The Morgan fingerprint density at radius 3 is 2.38 bits per heavy atom. The van der Waals surface area contributed by atoms with E-state index in [-0.39, 0.29) is 11.6 Å². The quantitative estimate of drug-likeness (QED) is 0.783. The van der Waals surface area contributed by atoms with Crippen LogP contribution in [-0.4, -0.2) is 43.3 Å². The second-order valence-electron chi connectivity index (χ2n) is 5.57. The van der Waals surface area contributed by atoms with E-state index in [1.165, 1.54) is 0 Å². The SMILES string of the molecule is COCC1CCN(C(=O)NC(C)(C)C)CC1. The molecule has 2 amide bonds. The van der Waals surface area contributed by atoms with Crippen LogP contribution in [-0.2, 0) is 4.74 Å². The van der Waals surface area contributed by atoms with Crippen LogP contribution in [0.15, 0.2) is 0 Å². The molecule has 0 unspecified atom stereocenters. The van der Waals surface area contributed by atoms with Gasteiger partial charge in [0.05, 0.1) is 0 Å². The Bertz CT molecular complexity index is 228. The highest BCUT2D eigenvalue weighted by Crippen LogP contribution is 2.17. The Hall–Kier alpha value is -0.770. The number of hydrogen-bond donors (Lipinski definition) is 1. The van der Waals surface area contributed by atoms with Crippen LogP contribution >= 0.6 is 0 Å². The van der Waals surface area contributed by atoms with Crippen molar-refractivity contribution in [1.82, 2.24) is 10.2 Å². The highest BCUT2D eigenvalue weighted by molar-refractivity contribution is 5.75. The first-order chi connectivity index (χ1) is 7.42. The molecule has 0 aromatic rings. The fraction of sp³-hybridized carbons (Fsp3) is 0.917. The molecule has 1 heterocycles. The van der Waals surface area contributed by atoms with Crippen LogP contribution in [0, 0.1) is 5.92 Å². The Morgan fingerprint density at radius 2 is 1.94 bits per heavy atom. The van der Waals surface area contributed by atoms with Crippen molar-refractivity contribution in [2.75, 3.05) is 26.8 Å². The third-order valence-corrected chi connectivity index (χ3v) is 2.79. The molecule has 0 aliphatic carbocycles. The normalized spacial score (nSPS) is 18.6. The van der Waals surface area contributed by atoms with E-state index < -0.39 is 0 Å². The van der Waals surface area contributed by atoms with E-state index in [1.807, 2.05) is 25.7 Å². The van der Waals surface area contributed by atoms with Gasteiger partial charge in [0.25, 0.3) is 0 Å². The number of hydrogen-bond acceptors (Lipinski definition) is 2. The van der Waals surface area contributed by atoms with Crippen molar-refractivity contribution in [1.29, 1.82) is 0 Å². The molecule has 0 radical (unpaired) electrons. The molecule has 4 heteroatoms. The van der Waals surface area contributed by atoms with Crippen molar-refractivity contribution >= 4 is 6.03 Å². The third-order valence-electron chi connectivity index (χ3n) is 2.79. The molecule has 0 aromatic heterocycles. The van der Waals surface area contributed by atoms with Gasteiger partial charge in [-0.2, -0.15) is 0 Å². The summed E-state index contributed by atoms with van der Waals surface area (Å²) in [6, 6.07) is 0.0587. The zero-order chi connectivity index (χ0) is 12.2. The van der Waals surface area contributed by atoms with Crippen LogP contribution in [0.1, 0.15) is 33.6 Å². The maximum absolute atomic E-state index is 11.9. The summed E-state index contributed by atoms with van der Waals surface area (Å²) in [5.41, 5.74) is -0.152. The summed E-state index contributed by atoms with van der Waals surface area (Å²) in [5.74, 6) is 0.615. The Balaban J connectivity index is 2.33. The molecule has 1 aliphatic heterocycles. The topological polar surface area (TPSA) is 41.6 Å². The minimum atomic E-state index is -0.152. The van der Waals surface area contributed by atoms with Crippen molar-refractivity contribution in [3.8, 4) is 0 Å². The summed E-state index contributed by atoms with van der Waals surface area (Å²) < 4.78 is 5.14. The molecular formula is C12H24N2O2. The number of urea groups is 1. The van der Waals surface area contributed by atoms with Crippen molar-refractivity contribution in [3.63, 3.8) is 0 Å². The minimum Gasteiger partial charge on any atom is -0.384 e. The molecule has 0 aromatic carbocycles. The van der Waals surface area contributed by atoms with Gasteiger partial charge < -0.3 is 15.0 Å². The minimum absolute atomic E-state index is 0.0587. The van der Waals surface area contributed by atoms with Crippen LogP contribution in [0.3, 0.4) is 0 Å². The number of rotatable bonds is 2. The number of nitrogens with zero attached hydrogens (tertiary/aromatic N) is 1. The lowest BCUT2D eigenvalue weighted by molar-refractivity contribution is 0.105. The maximum Gasteiger partial charge on any atom is 0.317 e. The van der Waals surface area contributed by atoms with Gasteiger partial charge >= 0.3 is 6.03 Å². The predicted octanol–water partition coefficient (Wildman–Crippen LogP) is 1.85. The van der Waals surface area contributed by atoms with Gasteiger partial charge in [-0.1, -0.05) is 0 Å². The standard InChI is InChI=1S/C12H24N2O2/c1-12(2,3)13-11(15)14-7-5-10(6-8-14)9-16-4/h10H,5-9H2,1-4H3,(H,13,15). The molecular weight excluding hydrogens is 204 g/mol. The van der Waals surface area contributed by atoms with Crippen LogP contribution in [0.5, 0.6) is 0 Å². The van der Waals surface area contributed by atoms with Crippen molar-refractivity contribution in [2.24, 2.45) is 5.92 Å². The summed E-state index contributed by atoms with van der Waals surface area (Å²) in [5, 5.41) is 2.99. The molecule has 0 bridgehead atoms. The van der Waals surface area contributed by atoms with E-state index in [1.54, 1.807) is 7.11 Å². The highest BCUT2D eigenvalue weighted by atomic mass is 16.5. The Kier molecular flexibility index (Phi) is 4.59. The van der Waals surface area contributed by atoms with Gasteiger partial charge in [-0.25, -0.2) is 4.79 Å². The zero-order valence-electron chi connectivity index (χ0n) is 10.9. The van der Waals surface area contributed by atoms with E-state index in [2.05, 4.69) is 5.32 Å². The molecule has 0 spiro atoms. The van der Waals surface area contributed by atoms with Gasteiger partial charge in [-0.15, -0.1) is 0 Å². The van der Waals surface area contributed by atoms with Crippen LogP contribution in [0.4, 0.5) is 4.79 Å². The smallest absolute Gasteiger partial charge is 0.317 e. The number of ether oxygens (including phenoxy) is 1. The summed E-state index contributed by atoms with van der Waals surface area (Å²) in [7, 11) is 1.73. The van der Waals surface area contributed by atoms with E-state index in [0.29, 0.717) is 5.92 Å². The van der Waals surface area contributed by atoms with Crippen LogP contribution in [0.2, 0.25) is 0 Å². The zero-order valence-corrected chi connectivity index (χ0v) is 10.9. The first-order valence-corrected chi connectivity index (χ1v) is 5.98. The number of methoxy groups -OCH3 is 1. The lowest BCUT2D eigenvalue weighted by Gasteiger charge is -2.34. The lowest BCUT2D eigenvalue weighted by Crippen LogP contribution is -2.50. The van der Waals surface area contributed by atoms with Gasteiger partial charge in [0.15, 0.2) is 0 Å². The Morgan fingerprint density at radius 1 is 1.38 bits per heavy atom. The molecule has 1 N–H and O–H groups in total. The van der Waals surface area contributed by atoms with Gasteiger partial charge in [-0.05, 0) is 39.5 Å². The third kappa shape index (κ3) is 4.39. The molecule has 16 heavy (non-hydrogen) atoms. The van der Waals surface area contributed by atoms with Gasteiger partial charge in [0, 0.05) is 32.3 Å². The lowest BCUT2D eigenvalue weighted by atomic mass is 9.98. The van der Waals surface area contributed by atoms with Crippen LogP contribution < -0.4 is 5.32 Å². The van der Waals surface area contributed by atoms with Crippen molar-refractivity contribution in [3.05, 3.63) is 0 Å². The predicted molar refractivity (Wildman–Crippen MR) is 64.5 cm³/mol. The van der Waals surface area contributed by atoms with E-state index in [9.17, 15) is 4.79 Å². The average molecular weight is 228 g/mol. The fourth-order valence-corrected chi connectivity index (χ4v) is 1.94. The molecule has 4 nitrogen and oxygen atoms in total. The first kappa shape index (κ1) is 13.3. The maximum atomic E-state index is 11.9. The number of carbonyl (C=O) groups excluding carboxylic acids is 1. The highest BCUT2D eigenvalue weighted by Gasteiger charge is 2.24. The monoisotopic (exact) mass is 228 g/mol. The number of nitrogens with one attached hydrogen (secondary N) is 1. The molecule has 1 rings (SSSR count). The summed E-state index contributed by atoms with van der Waals surface area (Å²) in [6.45, 7) is 8.51. The van der Waals surface area contributed by atoms with E-state index >= 15 is 0 Å². The average Bonchev–Trinajstić information content (AvgIpc) is 2.16. The first-order valence-electron chi connectivity index (χ1n) is 5.98. The number of piperidine rings is 1. The molecule has 1 aliphatic rings. The molecule has 94 valence electrons. The van der Waals surface area contributed by atoms with Gasteiger partial charge in [-0.3, -0.25) is 0 Å². The van der Waals surface area contributed by atoms with E-state index in [0.717, 1.165) is 32.5 Å². The number of amides is 2. The van der Waals surface area contributed by atoms with Crippen molar-refractivity contribution < 1.29 is 9.53 Å². The summed E-state index contributed by atoms with van der Waals surface area (Å²) in [6.07, 6.45) is 2.09. The molecule has 0 saturated carbocycles. The number of likely N-dealkylation sites (tertiary alicyclic amines) is 1. The second kappa shape index (κ2) is 5.53. The van der Waals surface area contributed by atoms with Gasteiger partial charge in [0.1, 0.15) is 0 Å². The second-order valence-corrected chi connectivity index (χ2v) is 5.57. The largest absolute Gasteiger partial charge is 0.384 e. The number of carbonyl (C=O) groups is 1.